The molecule has 8 heteroatoms. The van der Waals surface area contributed by atoms with Gasteiger partial charge in [-0.05, 0) is 75.6 Å². The van der Waals surface area contributed by atoms with Gasteiger partial charge in [0, 0.05) is 23.8 Å². The lowest BCUT2D eigenvalue weighted by atomic mass is 10.0. The minimum absolute atomic E-state index is 0.0617. The number of hydrogen-bond acceptors (Lipinski definition) is 4. The molecule has 6 nitrogen and oxygen atoms in total. The lowest BCUT2D eigenvalue weighted by Gasteiger charge is -2.33. The van der Waals surface area contributed by atoms with E-state index in [2.05, 4.69) is 4.72 Å². The molecule has 0 aliphatic carbocycles. The van der Waals surface area contributed by atoms with Crippen LogP contribution in [-0.4, -0.2) is 38.4 Å². The summed E-state index contributed by atoms with van der Waals surface area (Å²) in [6.07, 6.45) is 3.00. The summed E-state index contributed by atoms with van der Waals surface area (Å²) in [4.78, 5) is 14.6. The fraction of sp³-hybridized carbons (Fsp3) is 0.381. The van der Waals surface area contributed by atoms with E-state index in [1.54, 1.807) is 35.2 Å². The van der Waals surface area contributed by atoms with E-state index in [9.17, 15) is 13.2 Å². The van der Waals surface area contributed by atoms with Gasteiger partial charge in [-0.15, -0.1) is 0 Å². The second kappa shape index (κ2) is 9.05. The molecule has 0 saturated carbocycles. The zero-order valence-electron chi connectivity index (χ0n) is 16.5. The van der Waals surface area contributed by atoms with Crippen LogP contribution in [0.4, 0.5) is 5.69 Å². The van der Waals surface area contributed by atoms with Crippen molar-refractivity contribution in [2.45, 2.75) is 44.0 Å². The molecule has 156 valence electrons. The molecular formula is C21H25ClN2O4S. The van der Waals surface area contributed by atoms with Crippen LogP contribution in [-0.2, 0) is 10.0 Å². The maximum atomic E-state index is 12.9. The van der Waals surface area contributed by atoms with Crippen LogP contribution in [0.2, 0.25) is 5.02 Å². The third-order valence-corrected chi connectivity index (χ3v) is 6.81. The summed E-state index contributed by atoms with van der Waals surface area (Å²) in [6.45, 7) is 5.09. The fourth-order valence-electron chi connectivity index (χ4n) is 3.40. The minimum atomic E-state index is -3.96. The first-order valence-corrected chi connectivity index (χ1v) is 11.5. The summed E-state index contributed by atoms with van der Waals surface area (Å²) >= 11 is 6.17. The van der Waals surface area contributed by atoms with E-state index >= 15 is 0 Å². The highest BCUT2D eigenvalue weighted by Crippen LogP contribution is 2.27. The van der Waals surface area contributed by atoms with Crippen LogP contribution in [0.3, 0.4) is 0 Å². The van der Waals surface area contributed by atoms with Crippen molar-refractivity contribution in [1.29, 1.82) is 0 Å². The van der Waals surface area contributed by atoms with E-state index in [1.807, 2.05) is 13.8 Å². The SMILES string of the molecule is CCOc1ccc(NS(=O)(=O)c2cc(C(=O)N3CCCCC3C)ccc2Cl)cc1. The van der Waals surface area contributed by atoms with E-state index in [-0.39, 0.29) is 21.9 Å². The van der Waals surface area contributed by atoms with Crippen molar-refractivity contribution in [2.24, 2.45) is 0 Å². The molecule has 1 saturated heterocycles. The number of sulfonamides is 1. The van der Waals surface area contributed by atoms with Crippen LogP contribution in [0.25, 0.3) is 0 Å². The van der Waals surface area contributed by atoms with Crippen molar-refractivity contribution in [1.82, 2.24) is 4.90 Å². The monoisotopic (exact) mass is 436 g/mol. The third-order valence-electron chi connectivity index (χ3n) is 4.95. The van der Waals surface area contributed by atoms with Gasteiger partial charge >= 0.3 is 0 Å². The van der Waals surface area contributed by atoms with Gasteiger partial charge in [-0.3, -0.25) is 9.52 Å². The van der Waals surface area contributed by atoms with Crippen LogP contribution >= 0.6 is 11.6 Å². The standard InChI is InChI=1S/C21H25ClN2O4S/c1-3-28-18-10-8-17(9-11-18)23-29(26,27)20-14-16(7-12-19(20)22)21(25)24-13-5-4-6-15(24)2/h7-12,14-15,23H,3-6,13H2,1-2H3. The van der Waals surface area contributed by atoms with Crippen LogP contribution in [0.1, 0.15) is 43.5 Å². The smallest absolute Gasteiger partial charge is 0.263 e. The Hall–Kier alpha value is -2.25. The Labute approximate surface area is 176 Å². The average Bonchev–Trinajstić information content (AvgIpc) is 2.69. The van der Waals surface area contributed by atoms with E-state index in [0.717, 1.165) is 19.3 Å². The molecule has 1 atom stereocenters. The zero-order chi connectivity index (χ0) is 21.0. The van der Waals surface area contributed by atoms with Gasteiger partial charge in [-0.1, -0.05) is 11.6 Å². The fourth-order valence-corrected chi connectivity index (χ4v) is 4.99. The van der Waals surface area contributed by atoms with Crippen molar-refractivity contribution >= 4 is 33.2 Å². The number of piperidine rings is 1. The Kier molecular flexibility index (Phi) is 6.70. The number of nitrogens with zero attached hydrogens (tertiary/aromatic N) is 1. The largest absolute Gasteiger partial charge is 0.494 e. The molecular weight excluding hydrogens is 412 g/mol. The summed E-state index contributed by atoms with van der Waals surface area (Å²) in [6, 6.07) is 11.1. The minimum Gasteiger partial charge on any atom is -0.494 e. The number of likely N-dealkylation sites (tertiary alicyclic amines) is 1. The predicted octanol–water partition coefficient (Wildman–Crippen LogP) is 4.55. The van der Waals surface area contributed by atoms with E-state index in [4.69, 9.17) is 16.3 Å². The van der Waals surface area contributed by atoms with Crippen molar-refractivity contribution < 1.29 is 17.9 Å². The maximum Gasteiger partial charge on any atom is 0.263 e. The summed E-state index contributed by atoms with van der Waals surface area (Å²) < 4.78 is 33.7. The van der Waals surface area contributed by atoms with Crippen molar-refractivity contribution in [3.05, 3.63) is 53.1 Å². The second-order valence-electron chi connectivity index (χ2n) is 7.05. The van der Waals surface area contributed by atoms with Gasteiger partial charge in [-0.2, -0.15) is 0 Å². The molecule has 1 unspecified atom stereocenters. The quantitative estimate of drug-likeness (QED) is 0.720. The Morgan fingerprint density at radius 3 is 2.59 bits per heavy atom. The Morgan fingerprint density at radius 2 is 1.93 bits per heavy atom. The molecule has 0 aromatic heterocycles. The summed E-state index contributed by atoms with van der Waals surface area (Å²) in [5, 5.41) is 0.0617. The average molecular weight is 437 g/mol. The highest BCUT2D eigenvalue weighted by Gasteiger charge is 2.26. The number of carbonyl (C=O) groups excluding carboxylic acids is 1. The third kappa shape index (κ3) is 5.03. The van der Waals surface area contributed by atoms with Crippen LogP contribution in [0.5, 0.6) is 5.75 Å². The lowest BCUT2D eigenvalue weighted by Crippen LogP contribution is -2.42. The molecule has 3 rings (SSSR count). The Balaban J connectivity index is 1.85. The van der Waals surface area contributed by atoms with Crippen LogP contribution in [0.15, 0.2) is 47.4 Å². The van der Waals surface area contributed by atoms with Gasteiger partial charge in [-0.25, -0.2) is 8.42 Å². The first kappa shape index (κ1) is 21.5. The topological polar surface area (TPSA) is 75.7 Å². The van der Waals surface area contributed by atoms with E-state index in [1.165, 1.54) is 12.1 Å². The number of hydrogen-bond donors (Lipinski definition) is 1. The van der Waals surface area contributed by atoms with Crippen molar-refractivity contribution in [3.8, 4) is 5.75 Å². The number of benzene rings is 2. The maximum absolute atomic E-state index is 12.9. The molecule has 29 heavy (non-hydrogen) atoms. The normalized spacial score (nSPS) is 17.1. The summed E-state index contributed by atoms with van der Waals surface area (Å²) in [5.41, 5.74) is 0.695. The van der Waals surface area contributed by atoms with Gasteiger partial charge in [0.15, 0.2) is 0 Å². The highest BCUT2D eigenvalue weighted by molar-refractivity contribution is 7.92. The number of amides is 1. The van der Waals surface area contributed by atoms with Crippen molar-refractivity contribution in [3.63, 3.8) is 0 Å². The van der Waals surface area contributed by atoms with Gasteiger partial charge in [0.1, 0.15) is 10.6 Å². The van der Waals surface area contributed by atoms with Gasteiger partial charge < -0.3 is 9.64 Å². The molecule has 1 N–H and O–H groups in total. The molecule has 1 aliphatic rings. The highest BCUT2D eigenvalue weighted by atomic mass is 35.5. The van der Waals surface area contributed by atoms with Crippen LogP contribution in [0, 0.1) is 0 Å². The molecule has 0 spiro atoms. The van der Waals surface area contributed by atoms with Gasteiger partial charge in [0.05, 0.1) is 11.6 Å². The number of ether oxygens (including phenoxy) is 1. The van der Waals surface area contributed by atoms with E-state index in [0.29, 0.717) is 30.2 Å². The molecule has 0 bridgehead atoms. The van der Waals surface area contributed by atoms with Gasteiger partial charge in [0.2, 0.25) is 0 Å². The number of nitrogens with one attached hydrogen (secondary N) is 1. The second-order valence-corrected chi connectivity index (χ2v) is 9.11. The van der Waals surface area contributed by atoms with Crippen LogP contribution < -0.4 is 9.46 Å². The molecule has 2 aromatic carbocycles. The number of anilines is 1. The number of carbonyl (C=O) groups is 1. The predicted molar refractivity (Wildman–Crippen MR) is 114 cm³/mol. The molecule has 2 aromatic rings. The first-order chi connectivity index (χ1) is 13.8. The molecule has 0 radical (unpaired) electrons. The summed E-state index contributed by atoms with van der Waals surface area (Å²) in [7, 11) is -3.96. The zero-order valence-corrected chi connectivity index (χ0v) is 18.1. The Morgan fingerprint density at radius 1 is 1.21 bits per heavy atom. The number of rotatable bonds is 6. The molecule has 1 aliphatic heterocycles. The van der Waals surface area contributed by atoms with Gasteiger partial charge in [0.25, 0.3) is 15.9 Å². The van der Waals surface area contributed by atoms with E-state index < -0.39 is 10.0 Å². The Bertz CT molecular complexity index is 977. The summed E-state index contributed by atoms with van der Waals surface area (Å²) in [5.74, 6) is 0.475. The lowest BCUT2D eigenvalue weighted by molar-refractivity contribution is 0.0635. The first-order valence-electron chi connectivity index (χ1n) is 9.68. The molecule has 1 fully saturated rings. The van der Waals surface area contributed by atoms with Crippen molar-refractivity contribution in [2.75, 3.05) is 17.9 Å². The molecule has 1 amide bonds. The molecule has 1 heterocycles. The number of halogens is 1.